The van der Waals surface area contributed by atoms with Gasteiger partial charge in [0.1, 0.15) is 46.0 Å². The van der Waals surface area contributed by atoms with Crippen molar-refractivity contribution in [2.24, 2.45) is 0 Å². The molecule has 0 N–H and O–H groups in total. The van der Waals surface area contributed by atoms with Crippen molar-refractivity contribution in [3.63, 3.8) is 0 Å². The quantitative estimate of drug-likeness (QED) is 0.0801. The summed E-state index contributed by atoms with van der Waals surface area (Å²) in [5.41, 5.74) is 24.5. The van der Waals surface area contributed by atoms with E-state index in [0.717, 1.165) is 160 Å². The zero-order valence-electron chi connectivity index (χ0n) is 74.0. The van der Waals surface area contributed by atoms with Gasteiger partial charge in [0.15, 0.2) is 5.58 Å². The minimum Gasteiger partial charge on any atom is -0.456 e. The van der Waals surface area contributed by atoms with Crippen LogP contribution in [0.1, 0.15) is 16.7 Å². The standard InChI is InChI=1S/C72H47BFNO2.C53H34BF2NO/c1-44-19-15-20-45(2)70(44)73(62-33-16-26-47-25-9-10-27-51(47)62)63-43-60-56-31-18-36-67-69(56)61(42-59(60)52-28-11-12-29-53(52)63)55-38-37-50(41-68(55)76-67)75(65-34-17-32-57-54-30-13-14-35-66(54)77-72(57)65)71-58(48-23-7-4-8-24-48)39-49(40-64(71)74)46-21-5-3-6-22-46;1-33-9-2-7-15-50(33)57(40-26-17-34-10-3-4-11-35(34)29-40)41-27-28-44-48-31-46-42-12-5-6-13-43(42)49(32-47(46)45-14-8-16-51(53(45)48)58-52(44)30-41)54(36-18-22-38(55)23-19-36)37-20-24-39(56)25-21-37/h3-43H,1-2H3;2-32H,1H3. The zero-order valence-corrected chi connectivity index (χ0v) is 74.0. The summed E-state index contributed by atoms with van der Waals surface area (Å²) in [5.74, 6) is 2.08. The maximum absolute atomic E-state index is 17.9. The molecule has 0 spiro atoms. The molecule has 0 saturated carbocycles. The first-order valence-electron chi connectivity index (χ1n) is 45.9. The molecular formula is C125H81B2F3N2O3. The van der Waals surface area contributed by atoms with Gasteiger partial charge in [-0.3, -0.25) is 0 Å². The topological polar surface area (TPSA) is 38.1 Å². The van der Waals surface area contributed by atoms with E-state index in [9.17, 15) is 8.78 Å². The van der Waals surface area contributed by atoms with E-state index >= 15 is 4.39 Å². The number of benzene rings is 23. The van der Waals surface area contributed by atoms with Crippen LogP contribution >= 0.6 is 0 Å². The molecule has 1 aromatic heterocycles. The second-order valence-corrected chi connectivity index (χ2v) is 35.7. The summed E-state index contributed by atoms with van der Waals surface area (Å²) in [6, 6.07) is 150. The van der Waals surface area contributed by atoms with Crippen LogP contribution in [0.5, 0.6) is 23.0 Å². The van der Waals surface area contributed by atoms with Crippen LogP contribution in [0.15, 0.2) is 441 Å². The van der Waals surface area contributed by atoms with Crippen molar-refractivity contribution in [2.45, 2.75) is 20.8 Å². The van der Waals surface area contributed by atoms with Gasteiger partial charge in [0.2, 0.25) is 13.4 Å². The van der Waals surface area contributed by atoms with Gasteiger partial charge >= 0.3 is 0 Å². The molecule has 0 fully saturated rings. The van der Waals surface area contributed by atoms with Crippen LogP contribution in [0.4, 0.5) is 47.3 Å². The lowest BCUT2D eigenvalue weighted by Gasteiger charge is -2.30. The maximum atomic E-state index is 17.9. The fourth-order valence-corrected chi connectivity index (χ4v) is 21.8. The first kappa shape index (κ1) is 80.2. The van der Waals surface area contributed by atoms with Crippen LogP contribution in [0, 0.1) is 38.2 Å². The lowest BCUT2D eigenvalue weighted by molar-refractivity contribution is 0.487. The Labute approximate surface area is 779 Å². The molecule has 0 radical (unpaired) electrons. The number of nitrogens with zero attached hydrogens (tertiary/aromatic N) is 2. The van der Waals surface area contributed by atoms with Gasteiger partial charge in [-0.25, -0.2) is 13.2 Å². The van der Waals surface area contributed by atoms with Crippen molar-refractivity contribution in [1.29, 1.82) is 0 Å². The Morgan fingerprint density at radius 2 is 0.696 bits per heavy atom. The Morgan fingerprint density at radius 3 is 1.32 bits per heavy atom. The van der Waals surface area contributed by atoms with Crippen LogP contribution in [0.3, 0.4) is 0 Å². The molecule has 10 heteroatoms. The van der Waals surface area contributed by atoms with Crippen LogP contribution in [0.25, 0.3) is 153 Å². The number of rotatable bonds is 14. The van der Waals surface area contributed by atoms with Gasteiger partial charge in [-0.2, -0.15) is 0 Å². The monoisotopic (exact) mass is 1740 g/mol. The number of aryl methyl sites for hydroxylation is 3. The summed E-state index contributed by atoms with van der Waals surface area (Å²) in [5, 5.41) is 20.3. The van der Waals surface area contributed by atoms with Crippen LogP contribution in [-0.2, 0) is 0 Å². The minimum atomic E-state index is -0.370. The Bertz CT molecular complexity index is 8920. The Balaban J connectivity index is 0.000000150. The van der Waals surface area contributed by atoms with E-state index in [1.807, 2.05) is 120 Å². The molecule has 5 nitrogen and oxygen atoms in total. The predicted octanol–water partition coefficient (Wildman–Crippen LogP) is 30.7. The first-order chi connectivity index (χ1) is 66.4. The third kappa shape index (κ3) is 13.6. The normalized spacial score (nSPS) is 11.9. The number of hydrogen-bond acceptors (Lipinski definition) is 5. The number of para-hydroxylation sites is 3. The molecule has 0 amide bonds. The van der Waals surface area contributed by atoms with Gasteiger partial charge in [0.25, 0.3) is 0 Å². The molecular weight excluding hydrogens is 1660 g/mol. The molecule has 2 aliphatic rings. The van der Waals surface area contributed by atoms with E-state index in [0.29, 0.717) is 22.7 Å². The molecule has 24 aromatic rings. The lowest BCUT2D eigenvalue weighted by Crippen LogP contribution is -2.54. The van der Waals surface area contributed by atoms with Crippen molar-refractivity contribution in [1.82, 2.24) is 0 Å². The molecule has 0 unspecified atom stereocenters. The summed E-state index contributed by atoms with van der Waals surface area (Å²) in [6.07, 6.45) is 0. The van der Waals surface area contributed by atoms with Gasteiger partial charge < -0.3 is 23.7 Å². The lowest BCUT2D eigenvalue weighted by atomic mass is 9.34. The van der Waals surface area contributed by atoms with E-state index in [1.165, 1.54) is 100 Å². The molecule has 26 rings (SSSR count). The number of furan rings is 1. The highest BCUT2D eigenvalue weighted by Crippen LogP contribution is 2.56. The predicted molar refractivity (Wildman–Crippen MR) is 561 cm³/mol. The summed E-state index contributed by atoms with van der Waals surface area (Å²) in [4.78, 5) is 4.34. The number of hydrogen-bond donors (Lipinski definition) is 0. The van der Waals surface area contributed by atoms with E-state index in [2.05, 4.69) is 317 Å². The molecule has 0 bridgehead atoms. The van der Waals surface area contributed by atoms with Gasteiger partial charge in [0.05, 0.1) is 17.1 Å². The van der Waals surface area contributed by atoms with Crippen molar-refractivity contribution in [2.75, 3.05) is 9.80 Å². The molecule has 135 heavy (non-hydrogen) atoms. The van der Waals surface area contributed by atoms with Crippen molar-refractivity contribution in [3.8, 4) is 67.5 Å². The average Bonchev–Trinajstić information content (AvgIpc) is 1.38. The molecule has 23 aromatic carbocycles. The van der Waals surface area contributed by atoms with Crippen molar-refractivity contribution >= 4 is 188 Å². The highest BCUT2D eigenvalue weighted by molar-refractivity contribution is 6.99. The second-order valence-electron chi connectivity index (χ2n) is 35.7. The van der Waals surface area contributed by atoms with Gasteiger partial charge in [-0.05, 0) is 245 Å². The van der Waals surface area contributed by atoms with Crippen LogP contribution in [-0.4, -0.2) is 13.4 Å². The van der Waals surface area contributed by atoms with Gasteiger partial charge in [0, 0.05) is 67.4 Å². The summed E-state index contributed by atoms with van der Waals surface area (Å²) >= 11 is 0. The summed E-state index contributed by atoms with van der Waals surface area (Å²) in [7, 11) is 0. The van der Waals surface area contributed by atoms with Crippen molar-refractivity contribution < 1.29 is 27.1 Å². The number of fused-ring (bicyclic) bond motifs is 17. The van der Waals surface area contributed by atoms with Crippen LogP contribution < -0.4 is 52.1 Å². The van der Waals surface area contributed by atoms with Gasteiger partial charge in [-0.1, -0.05) is 353 Å². The van der Waals surface area contributed by atoms with E-state index in [-0.39, 0.29) is 30.9 Å². The smallest absolute Gasteiger partial charge is 0.243 e. The zero-order chi connectivity index (χ0) is 90.2. The Kier molecular flexibility index (Phi) is 19.3. The number of halogens is 3. The molecule has 0 atom stereocenters. The highest BCUT2D eigenvalue weighted by atomic mass is 19.1. The minimum absolute atomic E-state index is 0.0482. The Hall–Kier alpha value is -16.9. The average molecular weight is 1740 g/mol. The van der Waals surface area contributed by atoms with Crippen molar-refractivity contribution in [3.05, 3.63) is 471 Å². The number of anilines is 6. The largest absolute Gasteiger partial charge is 0.456 e. The molecule has 0 saturated heterocycles. The third-order valence-electron chi connectivity index (χ3n) is 27.9. The molecule has 2 aliphatic heterocycles. The van der Waals surface area contributed by atoms with E-state index < -0.39 is 0 Å². The second kappa shape index (κ2) is 32.6. The summed E-state index contributed by atoms with van der Waals surface area (Å²) in [6.45, 7) is 6.34. The van der Waals surface area contributed by atoms with E-state index in [1.54, 1.807) is 6.07 Å². The van der Waals surface area contributed by atoms with Crippen LogP contribution in [0.2, 0.25) is 0 Å². The molecule has 636 valence electrons. The molecule has 0 aliphatic carbocycles. The SMILES string of the molecule is Cc1cccc(C)c1B(c1cccc2ccccc12)c1cc2c3cccc4c3c(cc2c2ccccc12)-c1ccc(N(c2c(F)cc(-c3ccccc3)cc2-c2ccccc2)c2cccc3c2oc2ccccc23)cc1O4.Cc1ccccc1N(c1ccc2c(c1)Oc1cccc3c1c-2cc1c2ccccc2c(B(c2ccc(F)cc2)c2ccc(F)cc2)cc31)c1ccc2ccccc2c1. The summed E-state index contributed by atoms with van der Waals surface area (Å²) < 4.78 is 67.3. The van der Waals surface area contributed by atoms with Gasteiger partial charge in [-0.15, -0.1) is 0 Å². The Morgan fingerprint density at radius 1 is 0.244 bits per heavy atom. The maximum Gasteiger partial charge on any atom is 0.243 e. The third-order valence-corrected chi connectivity index (χ3v) is 27.9. The fraction of sp³-hybridized carbons (Fsp3) is 0.0240. The first-order valence-corrected chi connectivity index (χ1v) is 45.9. The fourth-order valence-electron chi connectivity index (χ4n) is 21.8. The molecule has 3 heterocycles. The highest BCUT2D eigenvalue weighted by Gasteiger charge is 2.35. The van der Waals surface area contributed by atoms with E-state index in [4.69, 9.17) is 13.9 Å². The number of ether oxygens (including phenoxy) is 2.